The number of nitrogens with zero attached hydrogens (tertiary/aromatic N) is 2. The highest BCUT2D eigenvalue weighted by Crippen LogP contribution is 2.32. The Morgan fingerprint density at radius 3 is 2.82 bits per heavy atom. The third-order valence-corrected chi connectivity index (χ3v) is 6.11. The predicted molar refractivity (Wildman–Crippen MR) is 123 cm³/mol. The molecule has 0 aliphatic carbocycles. The number of aromatic nitrogens is 2. The second kappa shape index (κ2) is 8.14. The molecule has 4 aromatic rings. The Kier molecular flexibility index (Phi) is 5.14. The van der Waals surface area contributed by atoms with Crippen molar-refractivity contribution in [1.82, 2.24) is 9.55 Å². The van der Waals surface area contributed by atoms with E-state index in [0.29, 0.717) is 38.5 Å². The number of anilines is 2. The number of thiophene rings is 1. The number of carbonyl (C=O) groups is 2. The van der Waals surface area contributed by atoms with Crippen molar-refractivity contribution in [3.05, 3.63) is 70.3 Å². The van der Waals surface area contributed by atoms with Gasteiger partial charge in [-0.05, 0) is 42.8 Å². The number of hydrogen-bond acceptors (Lipinski definition) is 6. The topological polar surface area (TPSA) is 102 Å². The molecule has 5 rings (SSSR count). The summed E-state index contributed by atoms with van der Waals surface area (Å²) in [5.41, 5.74) is 1.87. The van der Waals surface area contributed by atoms with Crippen molar-refractivity contribution >= 4 is 44.7 Å². The van der Waals surface area contributed by atoms with Gasteiger partial charge in [-0.15, -0.1) is 11.3 Å². The van der Waals surface area contributed by atoms with E-state index in [1.165, 1.54) is 34.4 Å². The lowest BCUT2D eigenvalue weighted by molar-refractivity contribution is -0.122. The lowest BCUT2D eigenvalue weighted by Gasteiger charge is -2.23. The van der Waals surface area contributed by atoms with Gasteiger partial charge in [0.25, 0.3) is 11.5 Å². The fraction of sp³-hybridized carbons (Fsp3) is 0.130. The van der Waals surface area contributed by atoms with Crippen LogP contribution in [-0.4, -0.2) is 27.5 Å². The van der Waals surface area contributed by atoms with Crippen molar-refractivity contribution in [2.24, 2.45) is 0 Å². The summed E-state index contributed by atoms with van der Waals surface area (Å²) in [6.07, 6.45) is 0.737. The Balaban J connectivity index is 1.39. The zero-order valence-electron chi connectivity index (χ0n) is 17.3. The Morgan fingerprint density at radius 2 is 2.03 bits per heavy atom. The molecule has 1 aliphatic rings. The van der Waals surface area contributed by atoms with E-state index in [9.17, 15) is 18.8 Å². The van der Waals surface area contributed by atoms with Crippen molar-refractivity contribution in [3.8, 4) is 16.9 Å². The molecule has 0 unspecified atom stereocenters. The van der Waals surface area contributed by atoms with Crippen LogP contribution in [0.3, 0.4) is 0 Å². The van der Waals surface area contributed by atoms with Crippen LogP contribution in [0.25, 0.3) is 21.3 Å². The minimum absolute atomic E-state index is 0.253. The number of carbonyl (C=O) groups excluding carboxylic acids is 2. The van der Waals surface area contributed by atoms with Crippen LogP contribution in [0.2, 0.25) is 0 Å². The number of ether oxygens (including phenoxy) is 1. The molecule has 0 spiro atoms. The first kappa shape index (κ1) is 20.8. The monoisotopic (exact) mass is 464 g/mol. The fourth-order valence-electron chi connectivity index (χ4n) is 3.56. The third-order valence-electron chi connectivity index (χ3n) is 5.22. The van der Waals surface area contributed by atoms with Gasteiger partial charge in [0, 0.05) is 16.6 Å². The fourth-order valence-corrected chi connectivity index (χ4v) is 4.47. The van der Waals surface area contributed by atoms with Crippen LogP contribution in [-0.2, 0) is 16.1 Å². The van der Waals surface area contributed by atoms with Gasteiger partial charge in [0.2, 0.25) is 5.91 Å². The van der Waals surface area contributed by atoms with E-state index in [1.807, 2.05) is 0 Å². The molecule has 0 saturated carbocycles. The van der Waals surface area contributed by atoms with E-state index in [2.05, 4.69) is 15.6 Å². The molecule has 8 nitrogen and oxygen atoms in total. The largest absolute Gasteiger partial charge is 0.479 e. The molecule has 2 N–H and O–H groups in total. The summed E-state index contributed by atoms with van der Waals surface area (Å²) >= 11 is 1.31. The van der Waals surface area contributed by atoms with Gasteiger partial charge in [-0.1, -0.05) is 12.1 Å². The molecule has 1 aliphatic heterocycles. The van der Waals surface area contributed by atoms with Gasteiger partial charge in [0.15, 0.2) is 6.10 Å². The smallest absolute Gasteiger partial charge is 0.265 e. The van der Waals surface area contributed by atoms with E-state index in [4.69, 9.17) is 4.74 Å². The van der Waals surface area contributed by atoms with Crippen molar-refractivity contribution in [2.75, 3.05) is 10.6 Å². The predicted octanol–water partition coefficient (Wildman–Crippen LogP) is 3.62. The molecule has 166 valence electrons. The van der Waals surface area contributed by atoms with Crippen molar-refractivity contribution < 1.29 is 18.7 Å². The third kappa shape index (κ3) is 3.96. The summed E-state index contributed by atoms with van der Waals surface area (Å²) in [4.78, 5) is 42.4. The lowest BCUT2D eigenvalue weighted by Crippen LogP contribution is -2.34. The highest BCUT2D eigenvalue weighted by Gasteiger charge is 2.23. The molecule has 0 fully saturated rings. The minimum Gasteiger partial charge on any atom is -0.479 e. The Morgan fingerprint density at radius 1 is 1.24 bits per heavy atom. The standard InChI is InChI=1S/C23H17FN4O4S/c1-12-21(30)27-17-8-15(6-7-18(17)32-12)26-19(29)9-28-11-25-22-20(23(28)31)16(10-33-22)13-2-4-14(24)5-3-13/h2-8,10-12H,9H2,1H3,(H,26,29)(H,27,30)/t12-/m1/s1. The van der Waals surface area contributed by atoms with Crippen LogP contribution in [0.15, 0.2) is 59.0 Å². The molecular weight excluding hydrogens is 447 g/mol. The van der Waals surface area contributed by atoms with Gasteiger partial charge >= 0.3 is 0 Å². The number of benzene rings is 2. The molecule has 0 bridgehead atoms. The highest BCUT2D eigenvalue weighted by molar-refractivity contribution is 7.17. The molecule has 0 radical (unpaired) electrons. The van der Waals surface area contributed by atoms with Gasteiger partial charge < -0.3 is 15.4 Å². The number of fused-ring (bicyclic) bond motifs is 2. The van der Waals surface area contributed by atoms with E-state index in [0.717, 1.165) is 0 Å². The summed E-state index contributed by atoms with van der Waals surface area (Å²) in [5.74, 6) is -0.567. The maximum absolute atomic E-state index is 13.3. The first-order valence-corrected chi connectivity index (χ1v) is 10.9. The van der Waals surface area contributed by atoms with E-state index in [1.54, 1.807) is 42.6 Å². The first-order chi connectivity index (χ1) is 15.9. The SMILES string of the molecule is C[C@H]1Oc2ccc(NC(=O)Cn3cnc4scc(-c5ccc(F)cc5)c4c3=O)cc2NC1=O. The van der Waals surface area contributed by atoms with Gasteiger partial charge in [-0.2, -0.15) is 0 Å². The van der Waals surface area contributed by atoms with Crippen LogP contribution >= 0.6 is 11.3 Å². The maximum Gasteiger partial charge on any atom is 0.265 e. The number of hydrogen-bond donors (Lipinski definition) is 2. The van der Waals surface area contributed by atoms with Crippen LogP contribution < -0.4 is 20.9 Å². The number of halogens is 1. The molecule has 1 atom stereocenters. The molecular formula is C23H17FN4O4S. The van der Waals surface area contributed by atoms with Gasteiger partial charge in [-0.3, -0.25) is 19.0 Å². The second-order valence-corrected chi connectivity index (χ2v) is 8.38. The highest BCUT2D eigenvalue weighted by atomic mass is 32.1. The maximum atomic E-state index is 13.3. The van der Waals surface area contributed by atoms with Crippen LogP contribution in [0.1, 0.15) is 6.92 Å². The molecule has 10 heteroatoms. The number of rotatable bonds is 4. The number of amides is 2. The van der Waals surface area contributed by atoms with Gasteiger partial charge in [0.05, 0.1) is 17.4 Å². The Bertz CT molecular complexity index is 1460. The average Bonchev–Trinajstić information content (AvgIpc) is 3.22. The summed E-state index contributed by atoms with van der Waals surface area (Å²) < 4.78 is 20.0. The number of nitrogens with one attached hydrogen (secondary N) is 2. The summed E-state index contributed by atoms with van der Waals surface area (Å²) in [5, 5.41) is 7.61. The zero-order valence-corrected chi connectivity index (χ0v) is 18.1. The van der Waals surface area contributed by atoms with Crippen LogP contribution in [0.4, 0.5) is 15.8 Å². The second-order valence-electron chi connectivity index (χ2n) is 7.52. The molecule has 3 heterocycles. The van der Waals surface area contributed by atoms with E-state index < -0.39 is 12.0 Å². The van der Waals surface area contributed by atoms with Crippen molar-refractivity contribution in [1.29, 1.82) is 0 Å². The quantitative estimate of drug-likeness (QED) is 0.480. The normalized spacial score (nSPS) is 15.0. The van der Waals surface area contributed by atoms with E-state index >= 15 is 0 Å². The molecule has 2 amide bonds. The van der Waals surface area contributed by atoms with Crippen molar-refractivity contribution in [2.45, 2.75) is 19.6 Å². The Labute approximate surface area is 190 Å². The average molecular weight is 464 g/mol. The first-order valence-electron chi connectivity index (χ1n) is 10.0. The van der Waals surface area contributed by atoms with E-state index in [-0.39, 0.29) is 23.8 Å². The Hall–Kier alpha value is -4.05. The summed E-state index contributed by atoms with van der Waals surface area (Å²) in [6, 6.07) is 10.7. The van der Waals surface area contributed by atoms with Gasteiger partial charge in [0.1, 0.15) is 22.9 Å². The summed E-state index contributed by atoms with van der Waals surface area (Å²) in [7, 11) is 0. The molecule has 2 aromatic heterocycles. The molecule has 2 aromatic carbocycles. The zero-order chi connectivity index (χ0) is 23.1. The van der Waals surface area contributed by atoms with Gasteiger partial charge in [-0.25, -0.2) is 9.37 Å². The minimum atomic E-state index is -0.593. The molecule has 0 saturated heterocycles. The van der Waals surface area contributed by atoms with Crippen LogP contribution in [0, 0.1) is 5.82 Å². The molecule has 33 heavy (non-hydrogen) atoms. The van der Waals surface area contributed by atoms with Crippen LogP contribution in [0.5, 0.6) is 5.75 Å². The lowest BCUT2D eigenvalue weighted by atomic mass is 10.1. The summed E-state index contributed by atoms with van der Waals surface area (Å²) in [6.45, 7) is 1.39. The van der Waals surface area contributed by atoms with Crippen molar-refractivity contribution in [3.63, 3.8) is 0 Å².